The molecule has 0 atom stereocenters. The quantitative estimate of drug-likeness (QED) is 0.618. The molecule has 9 heteroatoms. The predicted molar refractivity (Wildman–Crippen MR) is 88.9 cm³/mol. The molecule has 1 aromatic heterocycles. The minimum Gasteiger partial charge on any atom is -0.366 e. The highest BCUT2D eigenvalue weighted by atomic mass is 32.2. The minimum atomic E-state index is -3.67. The van der Waals surface area contributed by atoms with Gasteiger partial charge in [0.25, 0.3) is 0 Å². The molecule has 0 radical (unpaired) electrons. The molecule has 0 spiro atoms. The van der Waals surface area contributed by atoms with Crippen LogP contribution in [0.1, 0.15) is 18.9 Å². The van der Waals surface area contributed by atoms with Crippen molar-refractivity contribution in [2.24, 2.45) is 0 Å². The fraction of sp³-hybridized carbons (Fsp3) is 0.400. The number of nitrogens with zero attached hydrogens (tertiary/aromatic N) is 4. The molecule has 0 bridgehead atoms. The first-order chi connectivity index (χ1) is 11.4. The van der Waals surface area contributed by atoms with Crippen LogP contribution in [-0.4, -0.2) is 42.5 Å². The average Bonchev–Trinajstić information content (AvgIpc) is 3.08. The van der Waals surface area contributed by atoms with Crippen LogP contribution in [0.15, 0.2) is 41.6 Å². The fourth-order valence-corrected chi connectivity index (χ4v) is 3.97. The van der Waals surface area contributed by atoms with E-state index < -0.39 is 14.8 Å². The third kappa shape index (κ3) is 3.12. The van der Waals surface area contributed by atoms with Crippen LogP contribution in [0.4, 0.5) is 11.4 Å². The number of hydrogen-bond donors (Lipinski definition) is 0. The van der Waals surface area contributed by atoms with E-state index in [1.54, 1.807) is 18.3 Å². The number of benzene rings is 1. The molecule has 0 unspecified atom stereocenters. The number of nitro benzene ring substituents is 1. The van der Waals surface area contributed by atoms with Gasteiger partial charge in [0.05, 0.1) is 11.0 Å². The van der Waals surface area contributed by atoms with Gasteiger partial charge in [0.1, 0.15) is 10.6 Å². The van der Waals surface area contributed by atoms with Crippen molar-refractivity contribution in [3.63, 3.8) is 0 Å². The summed E-state index contributed by atoms with van der Waals surface area (Å²) in [4.78, 5) is 12.5. The largest absolute Gasteiger partial charge is 0.366 e. The van der Waals surface area contributed by atoms with Crippen molar-refractivity contribution in [3.8, 4) is 0 Å². The van der Waals surface area contributed by atoms with Crippen LogP contribution in [0.25, 0.3) is 0 Å². The zero-order valence-corrected chi connectivity index (χ0v) is 14.0. The third-order valence-electron chi connectivity index (χ3n) is 4.26. The Labute approximate surface area is 139 Å². The van der Waals surface area contributed by atoms with Gasteiger partial charge in [-0.15, -0.1) is 0 Å². The molecule has 0 amide bonds. The molecule has 128 valence electrons. The summed E-state index contributed by atoms with van der Waals surface area (Å²) in [5.74, 6) is 0. The molecule has 1 aliphatic heterocycles. The van der Waals surface area contributed by atoms with Gasteiger partial charge in [-0.05, 0) is 31.0 Å². The first-order valence-electron chi connectivity index (χ1n) is 7.59. The van der Waals surface area contributed by atoms with E-state index in [-0.39, 0.29) is 16.6 Å². The van der Waals surface area contributed by atoms with Gasteiger partial charge >= 0.3 is 5.69 Å². The maximum atomic E-state index is 11.9. The molecular formula is C15H18N4O4S. The number of piperidine rings is 1. The fourth-order valence-electron chi connectivity index (χ4n) is 3.12. The highest BCUT2D eigenvalue weighted by Gasteiger charge is 2.31. The van der Waals surface area contributed by atoms with Crippen LogP contribution >= 0.6 is 0 Å². The molecule has 24 heavy (non-hydrogen) atoms. The molecule has 1 saturated heterocycles. The van der Waals surface area contributed by atoms with E-state index in [0.29, 0.717) is 18.8 Å². The van der Waals surface area contributed by atoms with Gasteiger partial charge in [-0.1, -0.05) is 6.07 Å². The maximum Gasteiger partial charge on any atom is 0.311 e. The Bertz CT molecular complexity index is 840. The Morgan fingerprint density at radius 2 is 1.96 bits per heavy atom. The summed E-state index contributed by atoms with van der Waals surface area (Å²) >= 11 is 0. The van der Waals surface area contributed by atoms with Gasteiger partial charge in [0, 0.05) is 31.7 Å². The number of para-hydroxylation sites is 1. The lowest BCUT2D eigenvalue weighted by Crippen LogP contribution is -2.35. The SMILES string of the molecule is CS(=O)(=O)c1cccc(N2CCC(n3cccn3)CC2)c1[N+](=O)[O-]. The maximum absolute atomic E-state index is 11.9. The molecule has 1 aliphatic rings. The average molecular weight is 350 g/mol. The Balaban J connectivity index is 1.89. The summed E-state index contributed by atoms with van der Waals surface area (Å²) in [6.07, 6.45) is 6.22. The topological polar surface area (TPSA) is 98.3 Å². The van der Waals surface area contributed by atoms with E-state index in [1.165, 1.54) is 6.07 Å². The van der Waals surface area contributed by atoms with E-state index in [2.05, 4.69) is 5.10 Å². The number of anilines is 1. The van der Waals surface area contributed by atoms with Gasteiger partial charge in [-0.25, -0.2) is 8.42 Å². The Kier molecular flexibility index (Phi) is 4.27. The van der Waals surface area contributed by atoms with Gasteiger partial charge in [-0.2, -0.15) is 5.10 Å². The molecule has 2 heterocycles. The van der Waals surface area contributed by atoms with Crippen molar-refractivity contribution >= 4 is 21.2 Å². The zero-order valence-electron chi connectivity index (χ0n) is 13.2. The van der Waals surface area contributed by atoms with E-state index in [9.17, 15) is 18.5 Å². The lowest BCUT2D eigenvalue weighted by atomic mass is 10.0. The van der Waals surface area contributed by atoms with Crippen LogP contribution in [0, 0.1) is 10.1 Å². The molecule has 3 rings (SSSR count). The molecule has 0 N–H and O–H groups in total. The molecular weight excluding hydrogens is 332 g/mol. The monoisotopic (exact) mass is 350 g/mol. The lowest BCUT2D eigenvalue weighted by molar-refractivity contribution is -0.387. The number of nitro groups is 1. The molecule has 1 fully saturated rings. The first-order valence-corrected chi connectivity index (χ1v) is 9.48. The highest BCUT2D eigenvalue weighted by Crippen LogP contribution is 2.37. The number of sulfone groups is 1. The second-order valence-electron chi connectivity index (χ2n) is 5.86. The highest BCUT2D eigenvalue weighted by molar-refractivity contribution is 7.90. The minimum absolute atomic E-state index is 0.237. The Morgan fingerprint density at radius 1 is 1.25 bits per heavy atom. The summed E-state index contributed by atoms with van der Waals surface area (Å²) in [5, 5.41) is 15.7. The summed E-state index contributed by atoms with van der Waals surface area (Å²) in [6, 6.07) is 6.58. The summed E-state index contributed by atoms with van der Waals surface area (Å²) < 4.78 is 25.6. The van der Waals surface area contributed by atoms with Gasteiger partial charge in [0.2, 0.25) is 0 Å². The molecule has 8 nitrogen and oxygen atoms in total. The zero-order chi connectivity index (χ0) is 17.3. The number of rotatable bonds is 4. The second kappa shape index (κ2) is 6.23. The molecule has 0 saturated carbocycles. The molecule has 0 aliphatic carbocycles. The summed E-state index contributed by atoms with van der Waals surface area (Å²) in [5.41, 5.74) is 0.0272. The van der Waals surface area contributed by atoms with Crippen LogP contribution in [0.2, 0.25) is 0 Å². The van der Waals surface area contributed by atoms with Gasteiger partial charge in [0.15, 0.2) is 9.84 Å². The van der Waals surface area contributed by atoms with E-state index in [0.717, 1.165) is 19.1 Å². The Morgan fingerprint density at radius 3 is 2.50 bits per heavy atom. The number of hydrogen-bond acceptors (Lipinski definition) is 6. The van der Waals surface area contributed by atoms with E-state index in [1.807, 2.05) is 21.8 Å². The standard InChI is InChI=1S/C15H18N4O4S/c1-24(22,23)14-5-2-4-13(15(14)19(20)21)17-10-6-12(7-11-17)18-9-3-8-16-18/h2-5,8-9,12H,6-7,10-11H2,1H3. The van der Waals surface area contributed by atoms with Crippen LogP contribution < -0.4 is 4.90 Å². The normalized spacial score (nSPS) is 16.3. The van der Waals surface area contributed by atoms with Gasteiger partial charge in [-0.3, -0.25) is 14.8 Å². The molecule has 2 aromatic rings. The van der Waals surface area contributed by atoms with E-state index in [4.69, 9.17) is 0 Å². The third-order valence-corrected chi connectivity index (χ3v) is 5.39. The van der Waals surface area contributed by atoms with Crippen molar-refractivity contribution in [1.29, 1.82) is 0 Å². The van der Waals surface area contributed by atoms with E-state index >= 15 is 0 Å². The lowest BCUT2D eigenvalue weighted by Gasteiger charge is -2.33. The van der Waals surface area contributed by atoms with Gasteiger partial charge < -0.3 is 4.90 Å². The van der Waals surface area contributed by atoms with Crippen molar-refractivity contribution in [1.82, 2.24) is 9.78 Å². The van der Waals surface area contributed by atoms with Crippen LogP contribution in [-0.2, 0) is 9.84 Å². The summed E-state index contributed by atoms with van der Waals surface area (Å²) in [7, 11) is -3.67. The number of aromatic nitrogens is 2. The smallest absolute Gasteiger partial charge is 0.311 e. The van der Waals surface area contributed by atoms with Crippen molar-refractivity contribution < 1.29 is 13.3 Å². The van der Waals surface area contributed by atoms with Crippen molar-refractivity contribution in [2.75, 3.05) is 24.2 Å². The summed E-state index contributed by atoms with van der Waals surface area (Å²) in [6.45, 7) is 1.22. The second-order valence-corrected chi connectivity index (χ2v) is 7.84. The molecule has 1 aromatic carbocycles. The van der Waals surface area contributed by atoms with Crippen LogP contribution in [0.3, 0.4) is 0 Å². The van der Waals surface area contributed by atoms with Crippen molar-refractivity contribution in [2.45, 2.75) is 23.8 Å². The first kappa shape index (κ1) is 16.4. The van der Waals surface area contributed by atoms with Crippen molar-refractivity contribution in [3.05, 3.63) is 46.8 Å². The predicted octanol–water partition coefficient (Wildman–Crippen LogP) is 2.04. The Hall–Kier alpha value is -2.42. The van der Waals surface area contributed by atoms with Crippen LogP contribution in [0.5, 0.6) is 0 Å².